The van der Waals surface area contributed by atoms with E-state index in [0.717, 1.165) is 44.0 Å². The van der Waals surface area contributed by atoms with Crippen molar-refractivity contribution in [3.63, 3.8) is 0 Å². The zero-order valence-electron chi connectivity index (χ0n) is 13.0. The summed E-state index contributed by atoms with van der Waals surface area (Å²) in [6.45, 7) is 7.40. The van der Waals surface area contributed by atoms with Crippen LogP contribution < -0.4 is 0 Å². The van der Waals surface area contributed by atoms with Crippen LogP contribution in [-0.4, -0.2) is 42.4 Å². The number of ether oxygens (including phenoxy) is 1. The fourth-order valence-corrected chi connectivity index (χ4v) is 3.65. The summed E-state index contributed by atoms with van der Waals surface area (Å²) in [5.41, 5.74) is 0. The predicted octanol–water partition coefficient (Wildman–Crippen LogP) is 3.44. The van der Waals surface area contributed by atoms with E-state index < -0.39 is 0 Å². The number of hydrogen-bond acceptors (Lipinski definition) is 3. The second-order valence-electron chi connectivity index (χ2n) is 5.43. The van der Waals surface area contributed by atoms with Crippen molar-refractivity contribution in [1.82, 2.24) is 4.90 Å². The molecule has 0 spiro atoms. The SMILES string of the molecule is CC[C@@H](Sc1ccccc1)C(=O)N(CC)C[C@H]1CCOC1. The average Bonchev–Trinajstić information content (AvgIpc) is 3.03. The topological polar surface area (TPSA) is 29.5 Å². The summed E-state index contributed by atoms with van der Waals surface area (Å²) in [6, 6.07) is 10.2. The van der Waals surface area contributed by atoms with Crippen LogP contribution in [0.15, 0.2) is 35.2 Å². The molecule has 1 aromatic rings. The van der Waals surface area contributed by atoms with Crippen molar-refractivity contribution in [2.24, 2.45) is 5.92 Å². The third kappa shape index (κ3) is 4.75. The Kier molecular flexibility index (Phi) is 6.58. The zero-order valence-corrected chi connectivity index (χ0v) is 13.8. The van der Waals surface area contributed by atoms with Crippen molar-refractivity contribution in [2.75, 3.05) is 26.3 Å². The van der Waals surface area contributed by atoms with Crippen LogP contribution in [0.25, 0.3) is 0 Å². The average molecular weight is 307 g/mol. The lowest BCUT2D eigenvalue weighted by Gasteiger charge is -2.27. The third-order valence-corrected chi connectivity index (χ3v) is 5.23. The highest BCUT2D eigenvalue weighted by molar-refractivity contribution is 8.00. The molecule has 1 aliphatic heterocycles. The molecule has 0 unspecified atom stereocenters. The van der Waals surface area contributed by atoms with Crippen LogP contribution in [0.4, 0.5) is 0 Å². The molecule has 3 nitrogen and oxygen atoms in total. The van der Waals surface area contributed by atoms with Gasteiger partial charge in [0.2, 0.25) is 5.91 Å². The smallest absolute Gasteiger partial charge is 0.236 e. The minimum atomic E-state index is 0.00896. The lowest BCUT2D eigenvalue weighted by atomic mass is 10.1. The molecule has 116 valence electrons. The number of amides is 1. The van der Waals surface area contributed by atoms with E-state index in [1.807, 2.05) is 23.1 Å². The van der Waals surface area contributed by atoms with E-state index in [4.69, 9.17) is 4.74 Å². The maximum atomic E-state index is 12.8. The zero-order chi connectivity index (χ0) is 15.1. The van der Waals surface area contributed by atoms with Crippen molar-refractivity contribution >= 4 is 17.7 Å². The summed E-state index contributed by atoms with van der Waals surface area (Å²) < 4.78 is 5.42. The molecule has 0 N–H and O–H groups in total. The van der Waals surface area contributed by atoms with Gasteiger partial charge < -0.3 is 9.64 Å². The van der Waals surface area contributed by atoms with Gasteiger partial charge in [-0.05, 0) is 31.9 Å². The standard InChI is InChI=1S/C17H25NO2S/c1-3-16(21-15-8-6-5-7-9-15)17(19)18(4-2)12-14-10-11-20-13-14/h5-9,14,16H,3-4,10-13H2,1-2H3/t14-,16-/m1/s1. The maximum absolute atomic E-state index is 12.8. The molecule has 0 aromatic heterocycles. The summed E-state index contributed by atoms with van der Waals surface area (Å²) in [5, 5.41) is 0.00896. The fraction of sp³-hybridized carbons (Fsp3) is 0.588. The first-order chi connectivity index (χ1) is 10.2. The molecular weight excluding hydrogens is 282 g/mol. The first-order valence-electron chi connectivity index (χ1n) is 7.82. The van der Waals surface area contributed by atoms with E-state index in [0.29, 0.717) is 5.92 Å². The number of hydrogen-bond donors (Lipinski definition) is 0. The van der Waals surface area contributed by atoms with Gasteiger partial charge in [0.25, 0.3) is 0 Å². The van der Waals surface area contributed by atoms with E-state index in [1.165, 1.54) is 0 Å². The molecule has 1 fully saturated rings. The Labute approximate surface area is 132 Å². The van der Waals surface area contributed by atoms with Crippen LogP contribution in [0.3, 0.4) is 0 Å². The third-order valence-electron chi connectivity index (χ3n) is 3.86. The van der Waals surface area contributed by atoms with Crippen LogP contribution in [0, 0.1) is 5.92 Å². The quantitative estimate of drug-likeness (QED) is 0.723. The van der Waals surface area contributed by atoms with E-state index in [-0.39, 0.29) is 11.2 Å². The van der Waals surface area contributed by atoms with Crippen LogP contribution in [0.5, 0.6) is 0 Å². The Balaban J connectivity index is 1.96. The number of carbonyl (C=O) groups excluding carboxylic acids is 1. The van der Waals surface area contributed by atoms with Crippen molar-refractivity contribution < 1.29 is 9.53 Å². The largest absolute Gasteiger partial charge is 0.381 e. The molecule has 1 amide bonds. The Morgan fingerprint density at radius 2 is 2.14 bits per heavy atom. The Bertz CT molecular complexity index is 432. The van der Waals surface area contributed by atoms with Gasteiger partial charge >= 0.3 is 0 Å². The van der Waals surface area contributed by atoms with Crippen LogP contribution >= 0.6 is 11.8 Å². The number of thioether (sulfide) groups is 1. The second kappa shape index (κ2) is 8.44. The summed E-state index contributed by atoms with van der Waals surface area (Å²) in [5.74, 6) is 0.772. The summed E-state index contributed by atoms with van der Waals surface area (Å²) in [6.07, 6.45) is 1.93. The minimum Gasteiger partial charge on any atom is -0.381 e. The van der Waals surface area contributed by atoms with Gasteiger partial charge in [-0.3, -0.25) is 4.79 Å². The van der Waals surface area contributed by atoms with E-state index >= 15 is 0 Å². The van der Waals surface area contributed by atoms with E-state index in [1.54, 1.807) is 11.8 Å². The molecule has 1 heterocycles. The molecule has 0 saturated carbocycles. The van der Waals surface area contributed by atoms with E-state index in [9.17, 15) is 4.79 Å². The molecule has 0 radical (unpaired) electrons. The highest BCUT2D eigenvalue weighted by Gasteiger charge is 2.26. The Morgan fingerprint density at radius 3 is 2.71 bits per heavy atom. The van der Waals surface area contributed by atoms with Gasteiger partial charge in [-0.25, -0.2) is 0 Å². The van der Waals surface area contributed by atoms with Crippen LogP contribution in [-0.2, 0) is 9.53 Å². The summed E-state index contributed by atoms with van der Waals surface area (Å²) in [4.78, 5) is 15.9. The highest BCUT2D eigenvalue weighted by atomic mass is 32.2. The first kappa shape index (κ1) is 16.4. The molecule has 2 atom stereocenters. The van der Waals surface area contributed by atoms with Crippen molar-refractivity contribution in [2.45, 2.75) is 36.8 Å². The van der Waals surface area contributed by atoms with Crippen molar-refractivity contribution in [3.05, 3.63) is 30.3 Å². The summed E-state index contributed by atoms with van der Waals surface area (Å²) >= 11 is 1.68. The molecule has 2 rings (SSSR count). The lowest BCUT2D eigenvalue weighted by Crippen LogP contribution is -2.40. The van der Waals surface area contributed by atoms with E-state index in [2.05, 4.69) is 26.0 Å². The molecule has 21 heavy (non-hydrogen) atoms. The summed E-state index contributed by atoms with van der Waals surface area (Å²) in [7, 11) is 0. The molecule has 1 saturated heterocycles. The fourth-order valence-electron chi connectivity index (χ4n) is 2.59. The van der Waals surface area contributed by atoms with Gasteiger partial charge in [-0.1, -0.05) is 25.1 Å². The van der Waals surface area contributed by atoms with Gasteiger partial charge in [0.15, 0.2) is 0 Å². The number of carbonyl (C=O) groups is 1. The van der Waals surface area contributed by atoms with Gasteiger partial charge in [-0.15, -0.1) is 11.8 Å². The van der Waals surface area contributed by atoms with Gasteiger partial charge in [0.05, 0.1) is 11.9 Å². The molecule has 0 bridgehead atoms. The Morgan fingerprint density at radius 1 is 1.38 bits per heavy atom. The van der Waals surface area contributed by atoms with Crippen molar-refractivity contribution in [3.8, 4) is 0 Å². The monoisotopic (exact) mass is 307 g/mol. The first-order valence-corrected chi connectivity index (χ1v) is 8.70. The molecule has 0 aliphatic carbocycles. The minimum absolute atomic E-state index is 0.00896. The van der Waals surface area contributed by atoms with Gasteiger partial charge in [-0.2, -0.15) is 0 Å². The molecule has 1 aromatic carbocycles. The molecule has 4 heteroatoms. The van der Waals surface area contributed by atoms with Gasteiger partial charge in [0, 0.05) is 30.5 Å². The van der Waals surface area contributed by atoms with Crippen LogP contribution in [0.2, 0.25) is 0 Å². The second-order valence-corrected chi connectivity index (χ2v) is 6.71. The van der Waals surface area contributed by atoms with Gasteiger partial charge in [0.1, 0.15) is 0 Å². The Hall–Kier alpha value is -1.00. The van der Waals surface area contributed by atoms with Crippen LogP contribution in [0.1, 0.15) is 26.7 Å². The maximum Gasteiger partial charge on any atom is 0.236 e. The highest BCUT2D eigenvalue weighted by Crippen LogP contribution is 2.27. The predicted molar refractivity (Wildman–Crippen MR) is 87.6 cm³/mol. The normalized spacial score (nSPS) is 19.4. The number of nitrogens with zero attached hydrogens (tertiary/aromatic N) is 1. The number of rotatable bonds is 7. The number of benzene rings is 1. The molecular formula is C17H25NO2S. The van der Waals surface area contributed by atoms with Crippen molar-refractivity contribution in [1.29, 1.82) is 0 Å². The molecule has 1 aliphatic rings. The lowest BCUT2D eigenvalue weighted by molar-refractivity contribution is -0.131.